The number of carbonyl (C=O) groups excluding carboxylic acids is 1. The van der Waals surface area contributed by atoms with Crippen LogP contribution in [0.4, 0.5) is 0 Å². The number of hydrogen-bond acceptors (Lipinski definition) is 2. The van der Waals surface area contributed by atoms with Gasteiger partial charge in [-0.15, -0.1) is 0 Å². The van der Waals surface area contributed by atoms with Crippen molar-refractivity contribution in [1.82, 2.24) is 4.40 Å². The predicted octanol–water partition coefficient (Wildman–Crippen LogP) is 4.20. The molecule has 0 bridgehead atoms. The molecule has 4 rings (SSSR count). The molecular weight excluding hydrogens is 284 g/mol. The van der Waals surface area contributed by atoms with Crippen molar-refractivity contribution < 1.29 is 4.79 Å². The number of ketones is 1. The molecule has 2 aromatic carbocycles. The zero-order valence-corrected chi connectivity index (χ0v) is 12.2. The van der Waals surface area contributed by atoms with E-state index in [-0.39, 0.29) is 5.78 Å². The molecule has 3 nitrogen and oxygen atoms in total. The Morgan fingerprint density at radius 3 is 2.48 bits per heavy atom. The largest absolute Gasteiger partial charge is 0.312 e. The van der Waals surface area contributed by atoms with E-state index in [1.807, 2.05) is 59.1 Å². The highest BCUT2D eigenvalue weighted by Gasteiger charge is 2.18. The van der Waals surface area contributed by atoms with E-state index >= 15 is 0 Å². The zero-order chi connectivity index (χ0) is 15.8. The van der Waals surface area contributed by atoms with Crippen LogP contribution in [-0.4, -0.2) is 10.2 Å². The highest BCUT2D eigenvalue weighted by Crippen LogP contribution is 2.27. The number of nitriles is 1. The molecule has 108 valence electrons. The lowest BCUT2D eigenvalue weighted by Crippen LogP contribution is -2.04. The van der Waals surface area contributed by atoms with Gasteiger partial charge in [-0.1, -0.05) is 54.6 Å². The van der Waals surface area contributed by atoms with Crippen LogP contribution < -0.4 is 0 Å². The molecule has 0 spiro atoms. The number of aromatic nitrogens is 1. The molecule has 0 aliphatic carbocycles. The first-order valence-corrected chi connectivity index (χ1v) is 7.32. The van der Waals surface area contributed by atoms with Gasteiger partial charge in [-0.3, -0.25) is 4.79 Å². The number of pyridine rings is 1. The SMILES string of the molecule is N#Cc1cc(C(=O)c2ccccc2)n2ccc3ccccc3c12. The van der Waals surface area contributed by atoms with E-state index in [4.69, 9.17) is 0 Å². The molecule has 0 fully saturated rings. The van der Waals surface area contributed by atoms with Gasteiger partial charge in [0.1, 0.15) is 6.07 Å². The maximum Gasteiger partial charge on any atom is 0.209 e. The summed E-state index contributed by atoms with van der Waals surface area (Å²) in [5, 5.41) is 11.5. The Balaban J connectivity index is 2.05. The molecule has 0 saturated heterocycles. The van der Waals surface area contributed by atoms with Crippen LogP contribution in [0.15, 0.2) is 72.9 Å². The topological polar surface area (TPSA) is 45.3 Å². The monoisotopic (exact) mass is 296 g/mol. The third-order valence-corrected chi connectivity index (χ3v) is 4.04. The summed E-state index contributed by atoms with van der Waals surface area (Å²) in [5.74, 6) is -0.0858. The number of hydrogen-bond donors (Lipinski definition) is 0. The summed E-state index contributed by atoms with van der Waals surface area (Å²) in [7, 11) is 0. The number of fused-ring (bicyclic) bond motifs is 3. The summed E-state index contributed by atoms with van der Waals surface area (Å²) >= 11 is 0. The van der Waals surface area contributed by atoms with Gasteiger partial charge >= 0.3 is 0 Å². The standard InChI is InChI=1S/C20H12N2O/c21-13-16-12-18(20(23)15-7-2-1-3-8-15)22-11-10-14-6-4-5-9-17(14)19(16)22/h1-12H. The van der Waals surface area contributed by atoms with Crippen molar-refractivity contribution in [2.24, 2.45) is 0 Å². The van der Waals surface area contributed by atoms with Crippen LogP contribution in [-0.2, 0) is 0 Å². The van der Waals surface area contributed by atoms with Gasteiger partial charge in [-0.25, -0.2) is 0 Å². The molecule has 0 atom stereocenters. The smallest absolute Gasteiger partial charge is 0.209 e. The summed E-state index contributed by atoms with van der Waals surface area (Å²) in [6.45, 7) is 0. The first kappa shape index (κ1) is 13.3. The van der Waals surface area contributed by atoms with Crippen molar-refractivity contribution in [2.75, 3.05) is 0 Å². The average molecular weight is 296 g/mol. The molecule has 23 heavy (non-hydrogen) atoms. The molecule has 3 heteroatoms. The van der Waals surface area contributed by atoms with Gasteiger partial charge in [0.15, 0.2) is 0 Å². The Morgan fingerprint density at radius 2 is 1.70 bits per heavy atom. The van der Waals surface area contributed by atoms with Crippen molar-refractivity contribution in [1.29, 1.82) is 5.26 Å². The summed E-state index contributed by atoms with van der Waals surface area (Å²) in [5.41, 5.74) is 2.42. The highest BCUT2D eigenvalue weighted by molar-refractivity contribution is 6.11. The van der Waals surface area contributed by atoms with E-state index in [0.29, 0.717) is 16.8 Å². The lowest BCUT2D eigenvalue weighted by Gasteiger charge is -2.05. The lowest BCUT2D eigenvalue weighted by atomic mass is 10.1. The summed E-state index contributed by atoms with van der Waals surface area (Å²) < 4.78 is 1.82. The van der Waals surface area contributed by atoms with E-state index in [0.717, 1.165) is 16.3 Å². The van der Waals surface area contributed by atoms with E-state index in [1.165, 1.54) is 0 Å². The van der Waals surface area contributed by atoms with E-state index in [2.05, 4.69) is 6.07 Å². The maximum atomic E-state index is 12.8. The van der Waals surface area contributed by atoms with Gasteiger partial charge in [0.2, 0.25) is 5.78 Å². The molecule has 0 unspecified atom stereocenters. The lowest BCUT2D eigenvalue weighted by molar-refractivity contribution is 0.103. The van der Waals surface area contributed by atoms with Crippen LogP contribution in [0.25, 0.3) is 16.3 Å². The second-order valence-corrected chi connectivity index (χ2v) is 5.37. The molecular formula is C20H12N2O. The fraction of sp³-hybridized carbons (Fsp3) is 0. The highest BCUT2D eigenvalue weighted by atomic mass is 16.1. The Labute approximate surface area is 133 Å². The van der Waals surface area contributed by atoms with Gasteiger partial charge in [-0.05, 0) is 17.5 Å². The van der Waals surface area contributed by atoms with Crippen LogP contribution in [0.2, 0.25) is 0 Å². The number of rotatable bonds is 2. The molecule has 0 saturated carbocycles. The molecule has 0 amide bonds. The van der Waals surface area contributed by atoms with Gasteiger partial charge in [0.05, 0.1) is 16.8 Å². The van der Waals surface area contributed by atoms with Crippen LogP contribution >= 0.6 is 0 Å². The third kappa shape index (κ3) is 2.01. The Kier molecular flexibility index (Phi) is 2.96. The molecule has 0 aliphatic rings. The van der Waals surface area contributed by atoms with Crippen LogP contribution in [0, 0.1) is 11.3 Å². The summed E-state index contributed by atoms with van der Waals surface area (Å²) in [4.78, 5) is 12.8. The first-order chi connectivity index (χ1) is 11.3. The minimum atomic E-state index is -0.0858. The van der Waals surface area contributed by atoms with Crippen molar-refractivity contribution in [3.63, 3.8) is 0 Å². The number of benzene rings is 2. The Hall–Kier alpha value is -3.38. The van der Waals surface area contributed by atoms with Gasteiger partial charge in [0.25, 0.3) is 0 Å². The Bertz CT molecular complexity index is 1090. The average Bonchev–Trinajstić information content (AvgIpc) is 3.01. The van der Waals surface area contributed by atoms with Crippen molar-refractivity contribution in [3.8, 4) is 6.07 Å². The van der Waals surface area contributed by atoms with Crippen molar-refractivity contribution in [3.05, 3.63) is 89.7 Å². The van der Waals surface area contributed by atoms with Crippen LogP contribution in [0.5, 0.6) is 0 Å². The van der Waals surface area contributed by atoms with Crippen molar-refractivity contribution >= 4 is 22.1 Å². The normalized spacial score (nSPS) is 10.7. The minimum absolute atomic E-state index is 0.0858. The molecule has 4 aromatic rings. The van der Waals surface area contributed by atoms with Crippen molar-refractivity contribution in [2.45, 2.75) is 0 Å². The predicted molar refractivity (Wildman–Crippen MR) is 89.5 cm³/mol. The molecule has 0 N–H and O–H groups in total. The van der Waals surface area contributed by atoms with E-state index < -0.39 is 0 Å². The van der Waals surface area contributed by atoms with Gasteiger partial charge in [0, 0.05) is 17.1 Å². The Morgan fingerprint density at radius 1 is 0.957 bits per heavy atom. The summed E-state index contributed by atoms with van der Waals surface area (Å²) in [6, 6.07) is 22.9. The first-order valence-electron chi connectivity index (χ1n) is 7.32. The van der Waals surface area contributed by atoms with E-state index in [1.54, 1.807) is 18.2 Å². The number of nitrogens with zero attached hydrogens (tertiary/aromatic N) is 2. The van der Waals surface area contributed by atoms with Gasteiger partial charge in [-0.2, -0.15) is 5.26 Å². The molecule has 2 aromatic heterocycles. The fourth-order valence-corrected chi connectivity index (χ4v) is 2.96. The molecule has 0 aliphatic heterocycles. The maximum absolute atomic E-state index is 12.8. The second kappa shape index (κ2) is 5.11. The molecule has 2 heterocycles. The third-order valence-electron chi connectivity index (χ3n) is 4.04. The fourth-order valence-electron chi connectivity index (χ4n) is 2.96. The van der Waals surface area contributed by atoms with Crippen LogP contribution in [0.1, 0.15) is 21.6 Å². The van der Waals surface area contributed by atoms with Crippen LogP contribution in [0.3, 0.4) is 0 Å². The second-order valence-electron chi connectivity index (χ2n) is 5.37. The minimum Gasteiger partial charge on any atom is -0.312 e. The van der Waals surface area contributed by atoms with E-state index in [9.17, 15) is 10.1 Å². The quantitative estimate of drug-likeness (QED) is 0.520. The molecule has 0 radical (unpaired) electrons. The zero-order valence-electron chi connectivity index (χ0n) is 12.2. The number of carbonyl (C=O) groups is 1. The van der Waals surface area contributed by atoms with Gasteiger partial charge < -0.3 is 4.40 Å². The summed E-state index contributed by atoms with van der Waals surface area (Å²) in [6.07, 6.45) is 1.86.